The Balaban J connectivity index is 1.90. The van der Waals surface area contributed by atoms with Crippen LogP contribution in [-0.2, 0) is 16.9 Å². The summed E-state index contributed by atoms with van der Waals surface area (Å²) in [6, 6.07) is 3.15. The summed E-state index contributed by atoms with van der Waals surface area (Å²) in [5.41, 5.74) is 0.463. The second-order valence-corrected chi connectivity index (χ2v) is 6.72. The molecule has 114 valence electrons. The van der Waals surface area contributed by atoms with Crippen molar-refractivity contribution in [2.45, 2.75) is 32.9 Å². The van der Waals surface area contributed by atoms with E-state index in [0.717, 1.165) is 15.6 Å². The van der Waals surface area contributed by atoms with E-state index in [1.807, 2.05) is 13.8 Å². The number of nitrogens with zero attached hydrogens (tertiary/aromatic N) is 3. The van der Waals surface area contributed by atoms with E-state index in [0.29, 0.717) is 5.56 Å². The molecule has 6 nitrogen and oxygen atoms in total. The Bertz CT molecular complexity index is 743. The van der Waals surface area contributed by atoms with Crippen molar-refractivity contribution in [3.05, 3.63) is 45.7 Å². The summed E-state index contributed by atoms with van der Waals surface area (Å²) >= 11 is 1.50. The van der Waals surface area contributed by atoms with Gasteiger partial charge in [0.1, 0.15) is 5.54 Å². The molecule has 0 saturated carbocycles. The van der Waals surface area contributed by atoms with Crippen LogP contribution in [0.1, 0.15) is 28.1 Å². The Morgan fingerprint density at radius 1 is 1.36 bits per heavy atom. The predicted octanol–water partition coefficient (Wildman–Crippen LogP) is 2.12. The number of hydrogen-bond acceptors (Lipinski definition) is 5. The molecular formula is C15H16N4O2S. The third kappa shape index (κ3) is 2.27. The summed E-state index contributed by atoms with van der Waals surface area (Å²) in [5.74, 6) is -0.268. The van der Waals surface area contributed by atoms with Gasteiger partial charge in [-0.15, -0.1) is 11.3 Å². The lowest BCUT2D eigenvalue weighted by Gasteiger charge is -2.21. The quantitative estimate of drug-likeness (QED) is 0.880. The highest BCUT2D eigenvalue weighted by Gasteiger charge is 2.49. The van der Waals surface area contributed by atoms with Crippen LogP contribution < -0.4 is 5.32 Å². The number of nitrogens with one attached hydrogen (secondary N) is 1. The van der Waals surface area contributed by atoms with Crippen molar-refractivity contribution < 1.29 is 9.59 Å². The largest absolute Gasteiger partial charge is 0.325 e. The van der Waals surface area contributed by atoms with Gasteiger partial charge in [0, 0.05) is 22.8 Å². The van der Waals surface area contributed by atoms with Gasteiger partial charge in [0.25, 0.3) is 5.91 Å². The highest BCUT2D eigenvalue weighted by molar-refractivity contribution is 7.11. The monoisotopic (exact) mass is 316 g/mol. The zero-order valence-corrected chi connectivity index (χ0v) is 13.4. The van der Waals surface area contributed by atoms with Gasteiger partial charge in [0.2, 0.25) is 0 Å². The number of aromatic nitrogens is 2. The van der Waals surface area contributed by atoms with Gasteiger partial charge in [-0.25, -0.2) is 9.78 Å². The molecule has 3 heterocycles. The topological polar surface area (TPSA) is 75.2 Å². The van der Waals surface area contributed by atoms with Crippen LogP contribution in [0.4, 0.5) is 4.79 Å². The maximum atomic E-state index is 12.8. The first-order valence-corrected chi connectivity index (χ1v) is 7.71. The first-order chi connectivity index (χ1) is 10.4. The molecule has 0 aromatic carbocycles. The molecule has 1 fully saturated rings. The normalized spacial score (nSPS) is 21.3. The zero-order chi connectivity index (χ0) is 15.9. The second kappa shape index (κ2) is 5.17. The van der Waals surface area contributed by atoms with Gasteiger partial charge in [-0.2, -0.15) is 0 Å². The Morgan fingerprint density at radius 3 is 2.73 bits per heavy atom. The first kappa shape index (κ1) is 14.6. The molecule has 1 aliphatic rings. The van der Waals surface area contributed by atoms with Crippen molar-refractivity contribution in [2.24, 2.45) is 0 Å². The molecule has 2 aromatic heterocycles. The van der Waals surface area contributed by atoms with Gasteiger partial charge in [0.15, 0.2) is 0 Å². The predicted molar refractivity (Wildman–Crippen MR) is 82.3 cm³/mol. The molecule has 0 bridgehead atoms. The number of urea groups is 1. The second-order valence-electron chi connectivity index (χ2n) is 5.43. The summed E-state index contributed by atoms with van der Waals surface area (Å²) in [6.45, 7) is 5.75. The van der Waals surface area contributed by atoms with E-state index in [1.54, 1.807) is 31.5 Å². The lowest BCUT2D eigenvalue weighted by molar-refractivity contribution is -0.131. The molecule has 2 aromatic rings. The molecule has 3 amide bonds. The van der Waals surface area contributed by atoms with Crippen LogP contribution >= 0.6 is 11.3 Å². The van der Waals surface area contributed by atoms with Gasteiger partial charge >= 0.3 is 6.03 Å². The molecule has 1 N–H and O–H groups in total. The van der Waals surface area contributed by atoms with Crippen molar-refractivity contribution in [1.82, 2.24) is 20.2 Å². The molecule has 3 rings (SSSR count). The van der Waals surface area contributed by atoms with Gasteiger partial charge in [0.05, 0.1) is 17.2 Å². The minimum Gasteiger partial charge on any atom is -0.319 e. The minimum atomic E-state index is -1.07. The van der Waals surface area contributed by atoms with Crippen LogP contribution in [0.5, 0.6) is 0 Å². The first-order valence-electron chi connectivity index (χ1n) is 6.89. The van der Waals surface area contributed by atoms with E-state index in [2.05, 4.69) is 15.3 Å². The summed E-state index contributed by atoms with van der Waals surface area (Å²) < 4.78 is 0. The number of carbonyl (C=O) groups excluding carboxylic acids is 2. The molecule has 0 spiro atoms. The summed E-state index contributed by atoms with van der Waals surface area (Å²) in [4.78, 5) is 35.6. The standard InChI is InChI=1S/C15H16N4O2S/c1-9-12(22-10(2)17-9)8-19-13(20)15(3,18-14(19)21)11-5-4-6-16-7-11/h4-7H,8H2,1-3H3,(H,18,21)/t15-/m1/s1. The van der Waals surface area contributed by atoms with Crippen molar-refractivity contribution in [2.75, 3.05) is 0 Å². The highest BCUT2D eigenvalue weighted by atomic mass is 32.1. The summed E-state index contributed by atoms with van der Waals surface area (Å²) in [6.07, 6.45) is 3.24. The Labute approximate surface area is 132 Å². The Kier molecular flexibility index (Phi) is 3.44. The van der Waals surface area contributed by atoms with Crippen LogP contribution in [0.3, 0.4) is 0 Å². The lowest BCUT2D eigenvalue weighted by atomic mass is 9.93. The lowest BCUT2D eigenvalue weighted by Crippen LogP contribution is -2.40. The van der Waals surface area contributed by atoms with Crippen LogP contribution in [0.25, 0.3) is 0 Å². The van der Waals surface area contributed by atoms with E-state index in [4.69, 9.17) is 0 Å². The molecule has 7 heteroatoms. The third-order valence-corrected chi connectivity index (χ3v) is 4.87. The summed E-state index contributed by atoms with van der Waals surface area (Å²) in [5, 5.41) is 3.70. The molecule has 1 atom stereocenters. The van der Waals surface area contributed by atoms with Crippen molar-refractivity contribution >= 4 is 23.3 Å². The average molecular weight is 316 g/mol. The van der Waals surface area contributed by atoms with E-state index in [-0.39, 0.29) is 18.5 Å². The fourth-order valence-corrected chi connectivity index (χ4v) is 3.48. The number of aryl methyl sites for hydroxylation is 2. The molecular weight excluding hydrogens is 300 g/mol. The molecule has 1 aliphatic heterocycles. The fourth-order valence-electron chi connectivity index (χ4n) is 2.56. The Morgan fingerprint density at radius 2 is 2.14 bits per heavy atom. The molecule has 0 aliphatic carbocycles. The van der Waals surface area contributed by atoms with Crippen LogP contribution in [0, 0.1) is 13.8 Å². The van der Waals surface area contributed by atoms with Gasteiger partial charge in [-0.3, -0.25) is 14.7 Å². The van der Waals surface area contributed by atoms with E-state index >= 15 is 0 Å². The SMILES string of the molecule is Cc1nc(C)c(CN2C(=O)N[C@](C)(c3cccnc3)C2=O)s1. The third-order valence-electron chi connectivity index (χ3n) is 3.82. The number of thiazole rings is 1. The number of imide groups is 1. The van der Waals surface area contributed by atoms with E-state index < -0.39 is 5.54 Å². The van der Waals surface area contributed by atoms with E-state index in [1.165, 1.54) is 16.2 Å². The number of rotatable bonds is 3. The van der Waals surface area contributed by atoms with E-state index in [9.17, 15) is 9.59 Å². The average Bonchev–Trinajstić information content (AvgIpc) is 2.92. The summed E-state index contributed by atoms with van der Waals surface area (Å²) in [7, 11) is 0. The number of hydrogen-bond donors (Lipinski definition) is 1. The number of amides is 3. The molecule has 0 unspecified atom stereocenters. The molecule has 0 radical (unpaired) electrons. The van der Waals surface area contributed by atoms with Crippen molar-refractivity contribution in [3.63, 3.8) is 0 Å². The van der Waals surface area contributed by atoms with Crippen LogP contribution in [0.15, 0.2) is 24.5 Å². The molecule has 1 saturated heterocycles. The zero-order valence-electron chi connectivity index (χ0n) is 12.6. The molecule has 22 heavy (non-hydrogen) atoms. The maximum Gasteiger partial charge on any atom is 0.325 e. The van der Waals surface area contributed by atoms with Gasteiger partial charge in [-0.05, 0) is 26.8 Å². The number of carbonyl (C=O) groups is 2. The minimum absolute atomic E-state index is 0.248. The smallest absolute Gasteiger partial charge is 0.319 e. The van der Waals surface area contributed by atoms with Crippen LogP contribution in [0.2, 0.25) is 0 Å². The van der Waals surface area contributed by atoms with Crippen LogP contribution in [-0.4, -0.2) is 26.8 Å². The highest BCUT2D eigenvalue weighted by Crippen LogP contribution is 2.30. The fraction of sp³-hybridized carbons (Fsp3) is 0.333. The van der Waals surface area contributed by atoms with Gasteiger partial charge in [-0.1, -0.05) is 6.07 Å². The van der Waals surface area contributed by atoms with Crippen molar-refractivity contribution in [3.8, 4) is 0 Å². The number of pyridine rings is 1. The van der Waals surface area contributed by atoms with Crippen molar-refractivity contribution in [1.29, 1.82) is 0 Å². The van der Waals surface area contributed by atoms with Gasteiger partial charge < -0.3 is 5.32 Å². The Hall–Kier alpha value is -2.28. The maximum absolute atomic E-state index is 12.8.